The normalized spacial score (nSPS) is 16.3. The Hall–Kier alpha value is -1.32. The van der Waals surface area contributed by atoms with E-state index in [0.29, 0.717) is 5.56 Å². The van der Waals surface area contributed by atoms with Crippen molar-refractivity contribution in [2.75, 3.05) is 0 Å². The Kier molecular flexibility index (Phi) is 1.60. The van der Waals surface area contributed by atoms with E-state index in [1.165, 1.54) is 19.0 Å². The molecule has 1 aromatic rings. The Morgan fingerprint density at radius 2 is 2.50 bits per heavy atom. The van der Waals surface area contributed by atoms with Crippen LogP contribution in [0.1, 0.15) is 23.2 Å². The third kappa shape index (κ3) is 1.47. The zero-order valence-electron chi connectivity index (χ0n) is 6.73. The van der Waals surface area contributed by atoms with E-state index in [2.05, 4.69) is 5.10 Å². The number of aromatic nitrogens is 2. The van der Waals surface area contributed by atoms with Gasteiger partial charge < -0.3 is 5.73 Å². The van der Waals surface area contributed by atoms with Crippen LogP contribution in [0.3, 0.4) is 0 Å². The molecule has 1 aromatic heterocycles. The molecular formula is C8H11N3O. The van der Waals surface area contributed by atoms with Crippen LogP contribution in [0.15, 0.2) is 12.4 Å². The number of nitrogens with two attached hydrogens (primary N) is 1. The van der Waals surface area contributed by atoms with Crippen molar-refractivity contribution in [3.05, 3.63) is 18.0 Å². The van der Waals surface area contributed by atoms with Crippen molar-refractivity contribution in [3.63, 3.8) is 0 Å². The van der Waals surface area contributed by atoms with E-state index in [0.717, 1.165) is 12.5 Å². The van der Waals surface area contributed by atoms with E-state index in [1.807, 2.05) is 0 Å². The maximum Gasteiger partial charge on any atom is 0.251 e. The van der Waals surface area contributed by atoms with E-state index >= 15 is 0 Å². The second kappa shape index (κ2) is 2.62. The highest BCUT2D eigenvalue weighted by molar-refractivity contribution is 5.92. The van der Waals surface area contributed by atoms with Crippen LogP contribution in [0.2, 0.25) is 0 Å². The van der Waals surface area contributed by atoms with E-state index < -0.39 is 5.91 Å². The number of hydrogen-bond acceptors (Lipinski definition) is 2. The molecule has 1 saturated carbocycles. The molecule has 12 heavy (non-hydrogen) atoms. The summed E-state index contributed by atoms with van der Waals surface area (Å²) in [5.41, 5.74) is 5.58. The molecular weight excluding hydrogens is 154 g/mol. The smallest absolute Gasteiger partial charge is 0.251 e. The zero-order valence-corrected chi connectivity index (χ0v) is 6.73. The van der Waals surface area contributed by atoms with Gasteiger partial charge >= 0.3 is 0 Å². The fraction of sp³-hybridized carbons (Fsp3) is 0.500. The van der Waals surface area contributed by atoms with Crippen LogP contribution in [-0.2, 0) is 6.54 Å². The molecule has 0 saturated heterocycles. The van der Waals surface area contributed by atoms with Gasteiger partial charge in [-0.1, -0.05) is 0 Å². The lowest BCUT2D eigenvalue weighted by Gasteiger charge is -1.95. The molecule has 64 valence electrons. The second-order valence-corrected chi connectivity index (χ2v) is 3.26. The molecule has 0 aromatic carbocycles. The summed E-state index contributed by atoms with van der Waals surface area (Å²) < 4.78 is 1.79. The Bertz CT molecular complexity index is 301. The fourth-order valence-electron chi connectivity index (χ4n) is 1.16. The van der Waals surface area contributed by atoms with Crippen LogP contribution in [0.25, 0.3) is 0 Å². The van der Waals surface area contributed by atoms with Gasteiger partial charge in [-0.2, -0.15) is 5.10 Å². The minimum atomic E-state index is -0.406. The number of rotatable bonds is 3. The monoisotopic (exact) mass is 165 g/mol. The van der Waals surface area contributed by atoms with E-state index in [-0.39, 0.29) is 0 Å². The summed E-state index contributed by atoms with van der Waals surface area (Å²) in [5.74, 6) is 0.364. The molecule has 4 heteroatoms. The molecule has 1 heterocycles. The first-order chi connectivity index (χ1) is 5.75. The lowest BCUT2D eigenvalue weighted by molar-refractivity contribution is 0.1000. The summed E-state index contributed by atoms with van der Waals surface area (Å²) in [6, 6.07) is 0. The summed E-state index contributed by atoms with van der Waals surface area (Å²) in [5, 5.41) is 4.03. The van der Waals surface area contributed by atoms with Crippen molar-refractivity contribution in [1.82, 2.24) is 9.78 Å². The van der Waals surface area contributed by atoms with Crippen LogP contribution in [0.5, 0.6) is 0 Å². The van der Waals surface area contributed by atoms with Crippen molar-refractivity contribution in [2.24, 2.45) is 11.7 Å². The number of primary amides is 1. The molecule has 0 unspecified atom stereocenters. The summed E-state index contributed by atoms with van der Waals surface area (Å²) in [6.07, 6.45) is 5.79. The highest BCUT2D eigenvalue weighted by Gasteiger charge is 2.22. The predicted octanol–water partition coefficient (Wildman–Crippen LogP) is 0.392. The van der Waals surface area contributed by atoms with Gasteiger partial charge in [0.25, 0.3) is 5.91 Å². The van der Waals surface area contributed by atoms with Crippen LogP contribution in [-0.4, -0.2) is 15.7 Å². The Morgan fingerprint density at radius 1 is 1.75 bits per heavy atom. The second-order valence-electron chi connectivity index (χ2n) is 3.26. The Labute approximate surface area is 70.4 Å². The number of nitrogens with zero attached hydrogens (tertiary/aromatic N) is 2. The molecule has 2 N–H and O–H groups in total. The topological polar surface area (TPSA) is 60.9 Å². The number of carbonyl (C=O) groups excluding carboxylic acids is 1. The van der Waals surface area contributed by atoms with Crippen LogP contribution < -0.4 is 5.73 Å². The van der Waals surface area contributed by atoms with Crippen molar-refractivity contribution in [2.45, 2.75) is 19.4 Å². The highest BCUT2D eigenvalue weighted by Crippen LogP contribution is 2.30. The summed E-state index contributed by atoms with van der Waals surface area (Å²) in [7, 11) is 0. The molecule has 0 spiro atoms. The number of amides is 1. The van der Waals surface area contributed by atoms with Crippen LogP contribution in [0.4, 0.5) is 0 Å². The minimum absolute atomic E-state index is 0.406. The molecule has 0 aliphatic heterocycles. The highest BCUT2D eigenvalue weighted by atomic mass is 16.1. The van der Waals surface area contributed by atoms with Crippen molar-refractivity contribution in [1.29, 1.82) is 0 Å². The van der Waals surface area contributed by atoms with Crippen LogP contribution >= 0.6 is 0 Å². The summed E-state index contributed by atoms with van der Waals surface area (Å²) in [6.45, 7) is 0.924. The molecule has 4 nitrogen and oxygen atoms in total. The summed E-state index contributed by atoms with van der Waals surface area (Å²) >= 11 is 0. The molecule has 1 aliphatic rings. The molecule has 2 rings (SSSR count). The first kappa shape index (κ1) is 7.34. The molecule has 0 radical (unpaired) electrons. The lowest BCUT2D eigenvalue weighted by atomic mass is 10.3. The number of carbonyl (C=O) groups is 1. The first-order valence-electron chi connectivity index (χ1n) is 4.08. The van der Waals surface area contributed by atoms with Crippen molar-refractivity contribution in [3.8, 4) is 0 Å². The maximum absolute atomic E-state index is 10.7. The van der Waals surface area contributed by atoms with E-state index in [9.17, 15) is 4.79 Å². The van der Waals surface area contributed by atoms with E-state index in [4.69, 9.17) is 5.73 Å². The molecule has 1 amide bonds. The standard InChI is InChI=1S/C8H11N3O/c9-8(12)7-3-10-11(5-7)4-6-1-2-6/h3,5-6H,1-2,4H2,(H2,9,12). The lowest BCUT2D eigenvalue weighted by Crippen LogP contribution is -2.09. The molecule has 0 atom stereocenters. The number of hydrogen-bond donors (Lipinski definition) is 1. The molecule has 1 fully saturated rings. The van der Waals surface area contributed by atoms with Gasteiger partial charge in [0.15, 0.2) is 0 Å². The Morgan fingerprint density at radius 3 is 3.00 bits per heavy atom. The minimum Gasteiger partial charge on any atom is -0.366 e. The Balaban J connectivity index is 2.06. The fourth-order valence-corrected chi connectivity index (χ4v) is 1.16. The van der Waals surface area contributed by atoms with Gasteiger partial charge in [0.1, 0.15) is 0 Å². The van der Waals surface area contributed by atoms with Gasteiger partial charge in [-0.25, -0.2) is 0 Å². The third-order valence-electron chi connectivity index (χ3n) is 2.06. The predicted molar refractivity (Wildman–Crippen MR) is 43.5 cm³/mol. The average Bonchev–Trinajstić information content (AvgIpc) is 2.66. The van der Waals surface area contributed by atoms with Crippen LogP contribution in [0, 0.1) is 5.92 Å². The van der Waals surface area contributed by atoms with Crippen molar-refractivity contribution < 1.29 is 4.79 Å². The maximum atomic E-state index is 10.7. The first-order valence-corrected chi connectivity index (χ1v) is 4.08. The SMILES string of the molecule is NC(=O)c1cnn(CC2CC2)c1. The quantitative estimate of drug-likeness (QED) is 0.704. The van der Waals surface area contributed by atoms with Gasteiger partial charge in [-0.05, 0) is 18.8 Å². The molecule has 1 aliphatic carbocycles. The van der Waals surface area contributed by atoms with Gasteiger partial charge in [-0.15, -0.1) is 0 Å². The summed E-state index contributed by atoms with van der Waals surface area (Å²) in [4.78, 5) is 10.7. The largest absolute Gasteiger partial charge is 0.366 e. The average molecular weight is 165 g/mol. The van der Waals surface area contributed by atoms with Crippen molar-refractivity contribution >= 4 is 5.91 Å². The van der Waals surface area contributed by atoms with E-state index in [1.54, 1.807) is 10.9 Å². The van der Waals surface area contributed by atoms with Gasteiger partial charge in [0.2, 0.25) is 0 Å². The van der Waals surface area contributed by atoms with Gasteiger partial charge in [0.05, 0.1) is 11.8 Å². The molecule has 0 bridgehead atoms. The third-order valence-corrected chi connectivity index (χ3v) is 2.06. The van der Waals surface area contributed by atoms with Gasteiger partial charge in [0, 0.05) is 12.7 Å². The van der Waals surface area contributed by atoms with Gasteiger partial charge in [-0.3, -0.25) is 9.48 Å². The zero-order chi connectivity index (χ0) is 8.55.